The fourth-order valence-electron chi connectivity index (χ4n) is 2.86. The molecule has 158 valence electrons. The summed E-state index contributed by atoms with van der Waals surface area (Å²) in [6.07, 6.45) is 1.02. The first-order valence-electron chi connectivity index (χ1n) is 9.37. The highest BCUT2D eigenvalue weighted by atomic mass is 35.5. The van der Waals surface area contributed by atoms with Crippen molar-refractivity contribution in [2.75, 3.05) is 26.0 Å². The number of thioether (sulfide) groups is 1. The average Bonchev–Trinajstić information content (AvgIpc) is 2.72. The number of hydrogen-bond acceptors (Lipinski definition) is 5. The third-order valence-corrected chi connectivity index (χ3v) is 5.87. The molecule has 0 unspecified atom stereocenters. The third-order valence-electron chi connectivity index (χ3n) is 4.30. The number of benzene rings is 2. The number of nitrogens with one attached hydrogen (secondary N) is 1. The number of aromatic nitrogens is 2. The summed E-state index contributed by atoms with van der Waals surface area (Å²) in [6.45, 7) is 0.971. The van der Waals surface area contributed by atoms with Crippen molar-refractivity contribution in [2.45, 2.75) is 18.0 Å². The zero-order valence-electron chi connectivity index (χ0n) is 16.4. The lowest BCUT2D eigenvalue weighted by Gasteiger charge is -2.14. The van der Waals surface area contributed by atoms with Crippen molar-refractivity contribution in [3.05, 3.63) is 62.9 Å². The number of amides is 1. The Morgan fingerprint density at radius 1 is 1.23 bits per heavy atom. The van der Waals surface area contributed by atoms with Crippen molar-refractivity contribution in [3.63, 3.8) is 0 Å². The maximum absolute atomic E-state index is 13.2. The standard InChI is InChI=1S/C21H21Cl2N3O3S/c1-29-11-10-24-19(27)7-4-12-30-21-25-17-6-3-2-5-15(17)20(28)26(21)18-9-8-14(22)13-16(18)23/h2-3,5-6,8-9,13H,4,7,10-12H2,1H3,(H,24,27). The maximum Gasteiger partial charge on any atom is 0.266 e. The van der Waals surface area contributed by atoms with E-state index in [1.54, 1.807) is 43.5 Å². The Bertz CT molecular complexity index is 1100. The van der Waals surface area contributed by atoms with Crippen molar-refractivity contribution in [1.29, 1.82) is 0 Å². The van der Waals surface area contributed by atoms with E-state index in [9.17, 15) is 9.59 Å². The molecule has 0 fully saturated rings. The average molecular weight is 466 g/mol. The summed E-state index contributed by atoms with van der Waals surface area (Å²) in [7, 11) is 1.59. The first kappa shape index (κ1) is 22.6. The van der Waals surface area contributed by atoms with Gasteiger partial charge in [-0.15, -0.1) is 0 Å². The minimum Gasteiger partial charge on any atom is -0.383 e. The lowest BCUT2D eigenvalue weighted by atomic mass is 10.2. The van der Waals surface area contributed by atoms with Gasteiger partial charge in [-0.1, -0.05) is 47.1 Å². The number of hydrogen-bond donors (Lipinski definition) is 1. The van der Waals surface area contributed by atoms with E-state index in [-0.39, 0.29) is 11.5 Å². The van der Waals surface area contributed by atoms with Crippen LogP contribution in [0.5, 0.6) is 0 Å². The summed E-state index contributed by atoms with van der Waals surface area (Å²) in [5, 5.41) is 4.66. The Labute approximate surface area is 188 Å². The van der Waals surface area contributed by atoms with Gasteiger partial charge < -0.3 is 10.1 Å². The SMILES string of the molecule is COCCNC(=O)CCCSc1nc2ccccc2c(=O)n1-c1ccc(Cl)cc1Cl. The molecule has 0 aliphatic heterocycles. The van der Waals surface area contributed by atoms with Crippen LogP contribution in [0.2, 0.25) is 10.0 Å². The summed E-state index contributed by atoms with van der Waals surface area (Å²) < 4.78 is 6.42. The van der Waals surface area contributed by atoms with E-state index < -0.39 is 0 Å². The molecular weight excluding hydrogens is 445 g/mol. The van der Waals surface area contributed by atoms with Crippen LogP contribution in [0.25, 0.3) is 16.6 Å². The molecule has 30 heavy (non-hydrogen) atoms. The first-order valence-corrected chi connectivity index (χ1v) is 11.1. The van der Waals surface area contributed by atoms with Crippen molar-refractivity contribution in [3.8, 4) is 5.69 Å². The quantitative estimate of drug-likeness (QED) is 0.289. The Morgan fingerprint density at radius 3 is 2.80 bits per heavy atom. The van der Waals surface area contributed by atoms with E-state index in [0.717, 1.165) is 0 Å². The van der Waals surface area contributed by atoms with Gasteiger partial charge >= 0.3 is 0 Å². The predicted molar refractivity (Wildman–Crippen MR) is 122 cm³/mol. The summed E-state index contributed by atoms with van der Waals surface area (Å²) >= 11 is 13.8. The van der Waals surface area contributed by atoms with Crippen molar-refractivity contribution < 1.29 is 9.53 Å². The van der Waals surface area contributed by atoms with Gasteiger partial charge in [-0.3, -0.25) is 14.2 Å². The summed E-state index contributed by atoms with van der Waals surface area (Å²) in [5.74, 6) is 0.588. The van der Waals surface area contributed by atoms with Crippen LogP contribution in [-0.4, -0.2) is 41.5 Å². The summed E-state index contributed by atoms with van der Waals surface area (Å²) in [5.41, 5.74) is 0.928. The van der Waals surface area contributed by atoms with Crippen LogP contribution in [0.15, 0.2) is 52.4 Å². The largest absolute Gasteiger partial charge is 0.383 e. The van der Waals surface area contributed by atoms with E-state index >= 15 is 0 Å². The Kier molecular flexibility index (Phi) is 8.16. The van der Waals surface area contributed by atoms with Crippen LogP contribution in [0, 0.1) is 0 Å². The van der Waals surface area contributed by atoms with E-state index in [0.29, 0.717) is 63.5 Å². The minimum atomic E-state index is -0.204. The van der Waals surface area contributed by atoms with Crippen LogP contribution in [0.1, 0.15) is 12.8 Å². The second-order valence-corrected chi connectivity index (χ2v) is 8.35. The molecular formula is C21H21Cl2N3O3S. The van der Waals surface area contributed by atoms with Crippen LogP contribution >= 0.6 is 35.0 Å². The van der Waals surface area contributed by atoms with Gasteiger partial charge in [0.05, 0.1) is 28.2 Å². The molecule has 0 aliphatic rings. The number of ether oxygens (including phenoxy) is 1. The zero-order valence-corrected chi connectivity index (χ0v) is 18.7. The molecule has 3 aromatic rings. The Balaban J connectivity index is 1.84. The smallest absolute Gasteiger partial charge is 0.266 e. The first-order chi connectivity index (χ1) is 14.5. The zero-order chi connectivity index (χ0) is 21.5. The number of nitrogens with zero attached hydrogens (tertiary/aromatic N) is 2. The third kappa shape index (κ3) is 5.55. The second kappa shape index (κ2) is 10.8. The van der Waals surface area contributed by atoms with Crippen LogP contribution in [-0.2, 0) is 9.53 Å². The number of carbonyl (C=O) groups is 1. The summed E-state index contributed by atoms with van der Waals surface area (Å²) in [4.78, 5) is 29.7. The number of para-hydroxylation sites is 1. The second-order valence-electron chi connectivity index (χ2n) is 6.44. The molecule has 1 heterocycles. The number of rotatable bonds is 9. The highest BCUT2D eigenvalue weighted by Crippen LogP contribution is 2.28. The molecule has 0 spiro atoms. The lowest BCUT2D eigenvalue weighted by Crippen LogP contribution is -2.26. The van der Waals surface area contributed by atoms with Gasteiger partial charge in [0, 0.05) is 30.9 Å². The lowest BCUT2D eigenvalue weighted by molar-refractivity contribution is -0.121. The number of methoxy groups -OCH3 is 1. The van der Waals surface area contributed by atoms with Crippen LogP contribution < -0.4 is 10.9 Å². The van der Waals surface area contributed by atoms with Crippen LogP contribution in [0.4, 0.5) is 0 Å². The highest BCUT2D eigenvalue weighted by Gasteiger charge is 2.16. The Hall–Kier alpha value is -2.06. The molecule has 0 atom stereocenters. The normalized spacial score (nSPS) is 11.0. The van der Waals surface area contributed by atoms with Gasteiger partial charge in [-0.05, 0) is 36.8 Å². The van der Waals surface area contributed by atoms with Crippen molar-refractivity contribution >= 4 is 51.8 Å². The predicted octanol–water partition coefficient (Wildman–Crippen LogP) is 4.33. The van der Waals surface area contributed by atoms with Gasteiger partial charge in [0.25, 0.3) is 5.56 Å². The molecule has 3 rings (SSSR count). The molecule has 1 amide bonds. The molecule has 0 bridgehead atoms. The molecule has 0 saturated heterocycles. The molecule has 2 aromatic carbocycles. The van der Waals surface area contributed by atoms with Crippen molar-refractivity contribution in [2.24, 2.45) is 0 Å². The van der Waals surface area contributed by atoms with Gasteiger partial charge in [-0.2, -0.15) is 0 Å². The number of halogens is 2. The van der Waals surface area contributed by atoms with E-state index in [2.05, 4.69) is 10.3 Å². The van der Waals surface area contributed by atoms with Gasteiger partial charge in [-0.25, -0.2) is 4.98 Å². The van der Waals surface area contributed by atoms with E-state index in [4.69, 9.17) is 27.9 Å². The fourth-order valence-corrected chi connectivity index (χ4v) is 4.30. The topological polar surface area (TPSA) is 73.2 Å². The molecule has 6 nitrogen and oxygen atoms in total. The molecule has 1 aromatic heterocycles. The fraction of sp³-hybridized carbons (Fsp3) is 0.286. The minimum absolute atomic E-state index is 0.0303. The number of carbonyl (C=O) groups excluding carboxylic acids is 1. The molecule has 0 radical (unpaired) electrons. The Morgan fingerprint density at radius 2 is 2.03 bits per heavy atom. The molecule has 0 saturated carbocycles. The maximum atomic E-state index is 13.2. The van der Waals surface area contributed by atoms with Crippen molar-refractivity contribution in [1.82, 2.24) is 14.9 Å². The molecule has 9 heteroatoms. The van der Waals surface area contributed by atoms with Gasteiger partial charge in [0.2, 0.25) is 5.91 Å². The van der Waals surface area contributed by atoms with E-state index in [1.165, 1.54) is 16.3 Å². The van der Waals surface area contributed by atoms with E-state index in [1.807, 2.05) is 6.07 Å². The molecule has 1 N–H and O–H groups in total. The molecule has 0 aliphatic carbocycles. The number of fused-ring (bicyclic) bond motifs is 1. The van der Waals surface area contributed by atoms with Gasteiger partial charge in [0.15, 0.2) is 5.16 Å². The highest BCUT2D eigenvalue weighted by molar-refractivity contribution is 7.99. The monoisotopic (exact) mass is 465 g/mol. The summed E-state index contributed by atoms with van der Waals surface area (Å²) in [6, 6.07) is 12.2. The van der Waals surface area contributed by atoms with Crippen LogP contribution in [0.3, 0.4) is 0 Å². The van der Waals surface area contributed by atoms with Gasteiger partial charge in [0.1, 0.15) is 0 Å².